The van der Waals surface area contributed by atoms with Crippen LogP contribution in [-0.2, 0) is 6.54 Å². The molecule has 3 aromatic carbocycles. The largest absolute Gasteiger partial charge is 0.497 e. The predicted molar refractivity (Wildman–Crippen MR) is 127 cm³/mol. The third-order valence-electron chi connectivity index (χ3n) is 6.87. The molecule has 34 heavy (non-hydrogen) atoms. The lowest BCUT2D eigenvalue weighted by Gasteiger charge is -2.25. The van der Waals surface area contributed by atoms with Gasteiger partial charge in [-0.1, -0.05) is 24.3 Å². The molecule has 0 radical (unpaired) electrons. The molecule has 0 aromatic heterocycles. The zero-order valence-corrected chi connectivity index (χ0v) is 19.2. The maximum absolute atomic E-state index is 13.3. The van der Waals surface area contributed by atoms with Crippen LogP contribution in [0.25, 0.3) is 11.1 Å². The Morgan fingerprint density at radius 3 is 2.68 bits per heavy atom. The summed E-state index contributed by atoms with van der Waals surface area (Å²) in [6.45, 7) is 2.51. The Kier molecular flexibility index (Phi) is 5.07. The van der Waals surface area contributed by atoms with Crippen molar-refractivity contribution in [3.05, 3.63) is 71.8 Å². The van der Waals surface area contributed by atoms with E-state index in [2.05, 4.69) is 11.0 Å². The summed E-state index contributed by atoms with van der Waals surface area (Å²) >= 11 is 0. The van der Waals surface area contributed by atoms with E-state index >= 15 is 0 Å². The van der Waals surface area contributed by atoms with Gasteiger partial charge in [-0.05, 0) is 53.1 Å². The molecule has 3 heterocycles. The number of ether oxygens (including phenoxy) is 4. The Balaban J connectivity index is 1.25. The molecular weight excluding hydrogens is 432 g/mol. The fourth-order valence-corrected chi connectivity index (χ4v) is 5.03. The molecule has 0 aliphatic carbocycles. The second-order valence-corrected chi connectivity index (χ2v) is 8.96. The Hall–Kier alpha value is -3.71. The van der Waals surface area contributed by atoms with Crippen LogP contribution >= 0.6 is 0 Å². The van der Waals surface area contributed by atoms with E-state index in [0.717, 1.165) is 53.6 Å². The van der Waals surface area contributed by atoms with E-state index < -0.39 is 0 Å². The Labute approximate surface area is 198 Å². The predicted octanol–water partition coefficient (Wildman–Crippen LogP) is 3.81. The van der Waals surface area contributed by atoms with E-state index in [9.17, 15) is 4.79 Å². The molecule has 0 spiro atoms. The van der Waals surface area contributed by atoms with E-state index in [-0.39, 0.29) is 24.8 Å². The van der Waals surface area contributed by atoms with Gasteiger partial charge in [0.05, 0.1) is 18.7 Å². The number of benzene rings is 3. The summed E-state index contributed by atoms with van der Waals surface area (Å²) in [6, 6.07) is 19.7. The van der Waals surface area contributed by atoms with Gasteiger partial charge in [0, 0.05) is 26.7 Å². The highest BCUT2D eigenvalue weighted by Crippen LogP contribution is 2.36. The lowest BCUT2D eigenvalue weighted by atomic mass is 10.0. The van der Waals surface area contributed by atoms with Crippen LogP contribution in [0.3, 0.4) is 0 Å². The summed E-state index contributed by atoms with van der Waals surface area (Å²) in [4.78, 5) is 17.5. The van der Waals surface area contributed by atoms with Gasteiger partial charge in [0.1, 0.15) is 17.6 Å². The standard InChI is InChI=1S/C27H26N2O5/c1-28-22-14-29(13-17-6-9-23-25(10-17)33-16-32-23)15-26(22)34-24-12-19(7-8-21(24)27(28)30)18-4-3-5-20(11-18)31-2/h3-12,22,26H,13-16H2,1-2H3/t22-,26+/m1/s1. The summed E-state index contributed by atoms with van der Waals surface area (Å²) in [7, 11) is 3.53. The van der Waals surface area contributed by atoms with Gasteiger partial charge in [-0.3, -0.25) is 9.69 Å². The Morgan fingerprint density at radius 1 is 0.941 bits per heavy atom. The molecular formula is C27H26N2O5. The summed E-state index contributed by atoms with van der Waals surface area (Å²) in [6.07, 6.45) is -0.107. The topological polar surface area (TPSA) is 60.5 Å². The number of carbonyl (C=O) groups excluding carboxylic acids is 1. The average Bonchev–Trinajstić information content (AvgIpc) is 3.47. The number of likely N-dealkylation sites (tertiary alicyclic amines) is 1. The van der Waals surface area contributed by atoms with Crippen molar-refractivity contribution in [1.82, 2.24) is 9.80 Å². The number of nitrogens with zero attached hydrogens (tertiary/aromatic N) is 2. The fourth-order valence-electron chi connectivity index (χ4n) is 5.03. The van der Waals surface area contributed by atoms with Crippen LogP contribution in [0.5, 0.6) is 23.0 Å². The second kappa shape index (κ2) is 8.25. The molecule has 0 N–H and O–H groups in total. The van der Waals surface area contributed by atoms with Gasteiger partial charge in [0.15, 0.2) is 11.5 Å². The minimum absolute atomic E-state index is 0.00961. The van der Waals surface area contributed by atoms with Gasteiger partial charge >= 0.3 is 0 Å². The van der Waals surface area contributed by atoms with E-state index in [1.807, 2.05) is 66.5 Å². The molecule has 3 aromatic rings. The Bertz CT molecular complexity index is 1260. The zero-order chi connectivity index (χ0) is 23.2. The molecule has 1 saturated heterocycles. The van der Waals surface area contributed by atoms with Crippen molar-refractivity contribution < 1.29 is 23.7 Å². The minimum Gasteiger partial charge on any atom is -0.497 e. The number of methoxy groups -OCH3 is 1. The third-order valence-corrected chi connectivity index (χ3v) is 6.87. The van der Waals surface area contributed by atoms with Crippen LogP contribution in [0.2, 0.25) is 0 Å². The molecule has 6 rings (SSSR count). The molecule has 0 saturated carbocycles. The number of rotatable bonds is 4. The van der Waals surface area contributed by atoms with E-state index in [0.29, 0.717) is 11.3 Å². The van der Waals surface area contributed by atoms with E-state index in [1.54, 1.807) is 7.11 Å². The quantitative estimate of drug-likeness (QED) is 0.593. The maximum atomic E-state index is 13.3. The van der Waals surface area contributed by atoms with Gasteiger partial charge in [0.2, 0.25) is 6.79 Å². The van der Waals surface area contributed by atoms with Crippen molar-refractivity contribution in [2.24, 2.45) is 0 Å². The summed E-state index contributed by atoms with van der Waals surface area (Å²) in [5, 5.41) is 0. The molecule has 7 heteroatoms. The van der Waals surface area contributed by atoms with Crippen LogP contribution in [0.4, 0.5) is 0 Å². The molecule has 0 unspecified atom stereocenters. The third kappa shape index (κ3) is 3.62. The van der Waals surface area contributed by atoms with Crippen LogP contribution < -0.4 is 18.9 Å². The first-order chi connectivity index (χ1) is 16.6. The second-order valence-electron chi connectivity index (χ2n) is 8.96. The number of carbonyl (C=O) groups is 1. The van der Waals surface area contributed by atoms with Crippen LogP contribution in [0.15, 0.2) is 60.7 Å². The first-order valence-electron chi connectivity index (χ1n) is 11.4. The highest BCUT2D eigenvalue weighted by Gasteiger charge is 2.42. The van der Waals surface area contributed by atoms with E-state index in [4.69, 9.17) is 18.9 Å². The number of fused-ring (bicyclic) bond motifs is 3. The smallest absolute Gasteiger partial charge is 0.257 e. The number of hydrogen-bond donors (Lipinski definition) is 0. The molecule has 0 bridgehead atoms. The first kappa shape index (κ1) is 20.9. The van der Waals surface area contributed by atoms with Crippen LogP contribution in [0, 0.1) is 0 Å². The van der Waals surface area contributed by atoms with Crippen LogP contribution in [0.1, 0.15) is 15.9 Å². The first-order valence-corrected chi connectivity index (χ1v) is 11.4. The summed E-state index contributed by atoms with van der Waals surface area (Å²) < 4.78 is 22.8. The van der Waals surface area contributed by atoms with Crippen molar-refractivity contribution >= 4 is 5.91 Å². The lowest BCUT2D eigenvalue weighted by molar-refractivity contribution is 0.0682. The summed E-state index contributed by atoms with van der Waals surface area (Å²) in [5.74, 6) is 2.99. The fraction of sp³-hybridized carbons (Fsp3) is 0.296. The number of hydrogen-bond acceptors (Lipinski definition) is 6. The number of amides is 1. The van der Waals surface area contributed by atoms with Gasteiger partial charge in [-0.15, -0.1) is 0 Å². The molecule has 174 valence electrons. The molecule has 7 nitrogen and oxygen atoms in total. The SMILES string of the molecule is COc1cccc(-c2ccc3c(c2)O[C@H]2CN(Cc4ccc5c(c4)OCO5)C[C@H]2N(C)C3=O)c1. The number of likely N-dealkylation sites (N-methyl/N-ethyl adjacent to an activating group) is 1. The minimum atomic E-state index is -0.107. The zero-order valence-electron chi connectivity index (χ0n) is 19.2. The normalized spacial score (nSPS) is 21.0. The maximum Gasteiger partial charge on any atom is 0.257 e. The highest BCUT2D eigenvalue weighted by atomic mass is 16.7. The van der Waals surface area contributed by atoms with Crippen molar-refractivity contribution in [2.75, 3.05) is 34.0 Å². The van der Waals surface area contributed by atoms with Crippen LogP contribution in [-0.4, -0.2) is 61.9 Å². The van der Waals surface area contributed by atoms with Crippen molar-refractivity contribution in [3.63, 3.8) is 0 Å². The molecule has 2 atom stereocenters. The van der Waals surface area contributed by atoms with Gasteiger partial charge in [-0.2, -0.15) is 0 Å². The average molecular weight is 459 g/mol. The van der Waals surface area contributed by atoms with Gasteiger partial charge in [0.25, 0.3) is 5.91 Å². The molecule has 3 aliphatic rings. The molecule has 3 aliphatic heterocycles. The van der Waals surface area contributed by atoms with Crippen molar-refractivity contribution in [3.8, 4) is 34.1 Å². The Morgan fingerprint density at radius 2 is 1.79 bits per heavy atom. The lowest BCUT2D eigenvalue weighted by Crippen LogP contribution is -2.44. The van der Waals surface area contributed by atoms with Crippen molar-refractivity contribution in [2.45, 2.75) is 18.7 Å². The van der Waals surface area contributed by atoms with Gasteiger partial charge in [-0.25, -0.2) is 0 Å². The van der Waals surface area contributed by atoms with Gasteiger partial charge < -0.3 is 23.8 Å². The van der Waals surface area contributed by atoms with E-state index in [1.165, 1.54) is 0 Å². The monoisotopic (exact) mass is 458 g/mol. The molecule has 1 amide bonds. The summed E-state index contributed by atoms with van der Waals surface area (Å²) in [5.41, 5.74) is 3.76. The van der Waals surface area contributed by atoms with Crippen molar-refractivity contribution in [1.29, 1.82) is 0 Å². The highest BCUT2D eigenvalue weighted by molar-refractivity contribution is 5.98. The molecule has 1 fully saturated rings.